The summed E-state index contributed by atoms with van der Waals surface area (Å²) in [5.41, 5.74) is 0.663. The van der Waals surface area contributed by atoms with E-state index < -0.39 is 6.43 Å². The highest BCUT2D eigenvalue weighted by molar-refractivity contribution is 5.39. The number of halogens is 2. The average molecular weight is 202 g/mol. The molecule has 0 saturated heterocycles. The van der Waals surface area contributed by atoms with Gasteiger partial charge in [-0.1, -0.05) is 0 Å². The minimum absolute atomic E-state index is 0.113. The third-order valence-electron chi connectivity index (χ3n) is 1.80. The second-order valence-corrected chi connectivity index (χ2v) is 2.95. The molecule has 3 nitrogen and oxygen atoms in total. The lowest BCUT2D eigenvalue weighted by Crippen LogP contribution is -2.24. The second kappa shape index (κ2) is 4.85. The molecule has 0 bridgehead atoms. The van der Waals surface area contributed by atoms with E-state index in [1.54, 1.807) is 12.1 Å². The van der Waals surface area contributed by atoms with E-state index in [-0.39, 0.29) is 13.2 Å². The Balaban J connectivity index is 2.73. The topological polar surface area (TPSA) is 36.4 Å². The largest absolute Gasteiger partial charge is 0.392 e. The van der Waals surface area contributed by atoms with Crippen LogP contribution in [0.3, 0.4) is 0 Å². The lowest BCUT2D eigenvalue weighted by molar-refractivity contribution is 0.156. The number of pyridine rings is 1. The van der Waals surface area contributed by atoms with E-state index in [9.17, 15) is 8.78 Å². The van der Waals surface area contributed by atoms with Gasteiger partial charge in [0.05, 0.1) is 13.2 Å². The molecule has 0 radical (unpaired) electrons. The van der Waals surface area contributed by atoms with Crippen LogP contribution in [-0.4, -0.2) is 30.1 Å². The van der Waals surface area contributed by atoms with Crippen LogP contribution in [0, 0.1) is 0 Å². The van der Waals surface area contributed by atoms with Gasteiger partial charge in [-0.05, 0) is 17.7 Å². The summed E-state index contributed by atoms with van der Waals surface area (Å²) in [6, 6.07) is 3.22. The van der Waals surface area contributed by atoms with Gasteiger partial charge in [-0.2, -0.15) is 0 Å². The van der Waals surface area contributed by atoms with E-state index in [4.69, 9.17) is 5.11 Å². The Morgan fingerprint density at radius 3 is 2.86 bits per heavy atom. The molecule has 0 aliphatic carbocycles. The van der Waals surface area contributed by atoms with Gasteiger partial charge in [-0.25, -0.2) is 13.8 Å². The van der Waals surface area contributed by atoms with E-state index in [1.807, 2.05) is 0 Å². The highest BCUT2D eigenvalue weighted by Gasteiger charge is 2.09. The molecule has 78 valence electrons. The fraction of sp³-hybridized carbons (Fsp3) is 0.444. The summed E-state index contributed by atoms with van der Waals surface area (Å²) < 4.78 is 24.1. The van der Waals surface area contributed by atoms with Crippen molar-refractivity contribution < 1.29 is 13.9 Å². The molecule has 1 aromatic rings. The standard InChI is InChI=1S/C9H12F2N2O/c1-13(5-8(10)11)9-4-7(6-14)2-3-12-9/h2-4,8,14H,5-6H2,1H3. The van der Waals surface area contributed by atoms with Gasteiger partial charge in [0.25, 0.3) is 6.43 Å². The first-order chi connectivity index (χ1) is 6.63. The lowest BCUT2D eigenvalue weighted by atomic mass is 10.3. The highest BCUT2D eigenvalue weighted by atomic mass is 19.3. The van der Waals surface area contributed by atoms with Crippen molar-refractivity contribution in [1.29, 1.82) is 0 Å². The Kier molecular flexibility index (Phi) is 3.76. The van der Waals surface area contributed by atoms with Crippen LogP contribution in [0.1, 0.15) is 5.56 Å². The zero-order valence-corrected chi connectivity index (χ0v) is 7.82. The van der Waals surface area contributed by atoms with Crippen molar-refractivity contribution in [2.75, 3.05) is 18.5 Å². The predicted molar refractivity (Wildman–Crippen MR) is 49.4 cm³/mol. The minimum Gasteiger partial charge on any atom is -0.392 e. The SMILES string of the molecule is CN(CC(F)F)c1cc(CO)ccn1. The molecule has 0 atom stereocenters. The summed E-state index contributed by atoms with van der Waals surface area (Å²) in [5.74, 6) is 0.442. The number of nitrogens with zero attached hydrogens (tertiary/aromatic N) is 2. The van der Waals surface area contributed by atoms with Crippen molar-refractivity contribution in [2.24, 2.45) is 0 Å². The summed E-state index contributed by atoms with van der Waals surface area (Å²) in [5, 5.41) is 8.83. The first-order valence-electron chi connectivity index (χ1n) is 4.18. The van der Waals surface area contributed by atoms with Crippen LogP contribution in [-0.2, 0) is 6.61 Å². The first kappa shape index (κ1) is 10.8. The van der Waals surface area contributed by atoms with E-state index >= 15 is 0 Å². The molecular formula is C9H12F2N2O. The second-order valence-electron chi connectivity index (χ2n) is 2.95. The predicted octanol–water partition coefficient (Wildman–Crippen LogP) is 1.28. The maximum atomic E-state index is 12.0. The van der Waals surface area contributed by atoms with Crippen LogP contribution in [0.2, 0.25) is 0 Å². The van der Waals surface area contributed by atoms with Gasteiger partial charge in [0.1, 0.15) is 5.82 Å². The molecular weight excluding hydrogens is 190 g/mol. The third kappa shape index (κ3) is 2.92. The molecule has 1 rings (SSSR count). The molecule has 1 aromatic heterocycles. The minimum atomic E-state index is -2.39. The van der Waals surface area contributed by atoms with Crippen LogP contribution in [0.25, 0.3) is 0 Å². The van der Waals surface area contributed by atoms with E-state index in [1.165, 1.54) is 18.1 Å². The van der Waals surface area contributed by atoms with Crippen molar-refractivity contribution in [3.05, 3.63) is 23.9 Å². The Morgan fingerprint density at radius 2 is 2.29 bits per heavy atom. The average Bonchev–Trinajstić information content (AvgIpc) is 2.17. The highest BCUT2D eigenvalue weighted by Crippen LogP contribution is 2.12. The molecule has 0 fully saturated rings. The van der Waals surface area contributed by atoms with Gasteiger partial charge in [-0.3, -0.25) is 0 Å². The number of hydrogen-bond donors (Lipinski definition) is 1. The zero-order valence-electron chi connectivity index (χ0n) is 7.82. The molecule has 0 aromatic carbocycles. The Morgan fingerprint density at radius 1 is 1.57 bits per heavy atom. The van der Waals surface area contributed by atoms with Crippen molar-refractivity contribution in [2.45, 2.75) is 13.0 Å². The van der Waals surface area contributed by atoms with Crippen molar-refractivity contribution in [3.63, 3.8) is 0 Å². The van der Waals surface area contributed by atoms with Gasteiger partial charge in [0.2, 0.25) is 0 Å². The number of rotatable bonds is 4. The van der Waals surface area contributed by atoms with E-state index in [0.29, 0.717) is 11.4 Å². The van der Waals surface area contributed by atoms with Crippen LogP contribution in [0.15, 0.2) is 18.3 Å². The van der Waals surface area contributed by atoms with E-state index in [2.05, 4.69) is 4.98 Å². The molecule has 0 spiro atoms. The van der Waals surface area contributed by atoms with Crippen molar-refractivity contribution in [3.8, 4) is 0 Å². The van der Waals surface area contributed by atoms with Gasteiger partial charge in [-0.15, -0.1) is 0 Å². The van der Waals surface area contributed by atoms with Crippen molar-refractivity contribution >= 4 is 5.82 Å². The summed E-state index contributed by atoms with van der Waals surface area (Å²) in [4.78, 5) is 5.27. The molecule has 1 heterocycles. The first-order valence-corrected chi connectivity index (χ1v) is 4.18. The Labute approximate surface area is 81.0 Å². The monoisotopic (exact) mass is 202 g/mol. The lowest BCUT2D eigenvalue weighted by Gasteiger charge is -2.17. The molecule has 0 amide bonds. The fourth-order valence-electron chi connectivity index (χ4n) is 1.07. The summed E-state index contributed by atoms with van der Waals surface area (Å²) >= 11 is 0. The van der Waals surface area contributed by atoms with Crippen LogP contribution in [0.5, 0.6) is 0 Å². The van der Waals surface area contributed by atoms with Crippen LogP contribution < -0.4 is 4.90 Å². The molecule has 5 heteroatoms. The third-order valence-corrected chi connectivity index (χ3v) is 1.80. The number of aliphatic hydroxyl groups excluding tert-OH is 1. The van der Waals surface area contributed by atoms with Crippen LogP contribution >= 0.6 is 0 Å². The maximum Gasteiger partial charge on any atom is 0.255 e. The molecule has 0 aliphatic heterocycles. The van der Waals surface area contributed by atoms with Gasteiger partial charge >= 0.3 is 0 Å². The van der Waals surface area contributed by atoms with Gasteiger partial charge in [0.15, 0.2) is 0 Å². The molecule has 1 N–H and O–H groups in total. The number of aliphatic hydroxyl groups is 1. The Bertz CT molecular complexity index is 294. The quantitative estimate of drug-likeness (QED) is 0.798. The molecule has 0 unspecified atom stereocenters. The smallest absolute Gasteiger partial charge is 0.255 e. The maximum absolute atomic E-state index is 12.0. The summed E-state index contributed by atoms with van der Waals surface area (Å²) in [6.07, 6.45) is -0.900. The van der Waals surface area contributed by atoms with Crippen LogP contribution in [0.4, 0.5) is 14.6 Å². The Hall–Kier alpha value is -1.23. The fourth-order valence-corrected chi connectivity index (χ4v) is 1.07. The van der Waals surface area contributed by atoms with E-state index in [0.717, 1.165) is 0 Å². The zero-order chi connectivity index (χ0) is 10.6. The summed E-state index contributed by atoms with van der Waals surface area (Å²) in [7, 11) is 1.54. The molecule has 14 heavy (non-hydrogen) atoms. The number of hydrogen-bond acceptors (Lipinski definition) is 3. The number of aromatic nitrogens is 1. The van der Waals surface area contributed by atoms with Gasteiger partial charge < -0.3 is 10.0 Å². The molecule has 0 saturated carbocycles. The molecule has 0 aliphatic rings. The normalized spacial score (nSPS) is 10.6. The number of anilines is 1. The van der Waals surface area contributed by atoms with Gasteiger partial charge in [0, 0.05) is 13.2 Å². The summed E-state index contributed by atoms with van der Waals surface area (Å²) in [6.45, 7) is -0.472. The van der Waals surface area contributed by atoms with Crippen molar-refractivity contribution in [1.82, 2.24) is 4.98 Å². The number of alkyl halides is 2.